The van der Waals surface area contributed by atoms with Crippen molar-refractivity contribution in [3.63, 3.8) is 0 Å². The zero-order valence-corrected chi connectivity index (χ0v) is 16.5. The Bertz CT molecular complexity index is 1110. The van der Waals surface area contributed by atoms with Gasteiger partial charge < -0.3 is 14.0 Å². The van der Waals surface area contributed by atoms with Crippen molar-refractivity contribution in [1.82, 2.24) is 15.4 Å². The molecule has 8 heteroatoms. The second-order valence-electron chi connectivity index (χ2n) is 6.56. The Hall–Kier alpha value is -3.45. The smallest absolute Gasteiger partial charge is 0.271 e. The molecule has 0 radical (unpaired) electrons. The molecule has 2 heterocycles. The maximum absolute atomic E-state index is 12.6. The van der Waals surface area contributed by atoms with Gasteiger partial charge in [-0.3, -0.25) is 20.4 Å². The van der Waals surface area contributed by atoms with Gasteiger partial charge in [-0.2, -0.15) is 0 Å². The van der Waals surface area contributed by atoms with Crippen LogP contribution in [0.25, 0.3) is 5.69 Å². The first-order valence-electron chi connectivity index (χ1n) is 8.90. The number of hydrazine groups is 1. The van der Waals surface area contributed by atoms with Crippen LogP contribution in [0.3, 0.4) is 0 Å². The van der Waals surface area contributed by atoms with E-state index in [4.69, 9.17) is 21.1 Å². The maximum atomic E-state index is 12.6. The summed E-state index contributed by atoms with van der Waals surface area (Å²) in [5.41, 5.74) is 8.21. The zero-order chi connectivity index (χ0) is 20.5. The van der Waals surface area contributed by atoms with Gasteiger partial charge in [-0.25, -0.2) is 0 Å². The molecule has 4 rings (SSSR count). The number of benzene rings is 2. The monoisotopic (exact) mass is 411 g/mol. The first-order valence-corrected chi connectivity index (χ1v) is 9.27. The third-order valence-corrected chi connectivity index (χ3v) is 4.95. The molecule has 1 aromatic heterocycles. The van der Waals surface area contributed by atoms with Crippen LogP contribution in [0.4, 0.5) is 0 Å². The van der Waals surface area contributed by atoms with Crippen molar-refractivity contribution in [3.8, 4) is 17.2 Å². The molecule has 0 fully saturated rings. The predicted octanol–water partition coefficient (Wildman–Crippen LogP) is 3.55. The van der Waals surface area contributed by atoms with Crippen LogP contribution < -0.4 is 20.3 Å². The van der Waals surface area contributed by atoms with Crippen LogP contribution in [0.5, 0.6) is 11.5 Å². The number of hydrogen-bond donors (Lipinski definition) is 2. The lowest BCUT2D eigenvalue weighted by Crippen LogP contribution is -2.41. The summed E-state index contributed by atoms with van der Waals surface area (Å²) in [6.45, 7) is 3.83. The van der Waals surface area contributed by atoms with Crippen LogP contribution in [-0.4, -0.2) is 23.2 Å². The summed E-state index contributed by atoms with van der Waals surface area (Å²) in [7, 11) is 0. The zero-order valence-electron chi connectivity index (χ0n) is 15.8. The lowest BCUT2D eigenvalue weighted by molar-refractivity contribution is 0.0846. The molecule has 0 spiro atoms. The molecule has 2 amide bonds. The van der Waals surface area contributed by atoms with Gasteiger partial charge in [0, 0.05) is 22.6 Å². The molecule has 29 heavy (non-hydrogen) atoms. The molecule has 0 saturated carbocycles. The van der Waals surface area contributed by atoms with Crippen LogP contribution in [0.2, 0.25) is 5.02 Å². The molecular formula is C21H18ClN3O4. The lowest BCUT2D eigenvalue weighted by Gasteiger charge is -2.11. The van der Waals surface area contributed by atoms with Crippen LogP contribution in [0.15, 0.2) is 48.5 Å². The summed E-state index contributed by atoms with van der Waals surface area (Å²) in [6, 6.07) is 14.5. The fourth-order valence-electron chi connectivity index (χ4n) is 3.32. The Morgan fingerprint density at radius 3 is 2.48 bits per heavy atom. The molecule has 3 aromatic rings. The van der Waals surface area contributed by atoms with Gasteiger partial charge in [-0.1, -0.05) is 29.8 Å². The molecule has 0 saturated heterocycles. The van der Waals surface area contributed by atoms with Gasteiger partial charge in [-0.05, 0) is 44.2 Å². The average molecular weight is 412 g/mol. The van der Waals surface area contributed by atoms with E-state index < -0.39 is 11.8 Å². The Labute approximate surface area is 172 Å². The third kappa shape index (κ3) is 3.52. The minimum absolute atomic E-state index is 0.0495. The number of amides is 2. The molecular weight excluding hydrogens is 394 g/mol. The number of fused-ring (bicyclic) bond motifs is 1. The Balaban J connectivity index is 1.49. The van der Waals surface area contributed by atoms with Crippen molar-refractivity contribution in [3.05, 3.63) is 76.1 Å². The first kappa shape index (κ1) is 18.9. The van der Waals surface area contributed by atoms with Crippen LogP contribution in [-0.2, 0) is 0 Å². The van der Waals surface area contributed by atoms with Crippen molar-refractivity contribution in [1.29, 1.82) is 0 Å². The van der Waals surface area contributed by atoms with Crippen LogP contribution in [0.1, 0.15) is 32.1 Å². The number of aryl methyl sites for hydroxylation is 1. The highest BCUT2D eigenvalue weighted by Gasteiger charge is 2.22. The number of carbonyl (C=O) groups excluding carboxylic acids is 2. The van der Waals surface area contributed by atoms with Gasteiger partial charge >= 0.3 is 0 Å². The molecule has 1 aliphatic rings. The minimum atomic E-state index is -0.518. The number of nitrogens with zero attached hydrogens (tertiary/aromatic N) is 1. The highest BCUT2D eigenvalue weighted by Crippen LogP contribution is 2.39. The maximum Gasteiger partial charge on any atom is 0.271 e. The number of carbonyl (C=O) groups is 2. The number of aromatic nitrogens is 1. The molecule has 0 unspecified atom stereocenters. The molecule has 2 aromatic carbocycles. The summed E-state index contributed by atoms with van der Waals surface area (Å²) in [5.74, 6) is -0.142. The number of nitrogens with one attached hydrogen (secondary N) is 2. The van der Waals surface area contributed by atoms with E-state index in [1.807, 2.05) is 48.7 Å². The quantitative estimate of drug-likeness (QED) is 0.646. The first-order chi connectivity index (χ1) is 14.0. The van der Waals surface area contributed by atoms with Gasteiger partial charge in [-0.15, -0.1) is 0 Å². The van der Waals surface area contributed by atoms with E-state index >= 15 is 0 Å². The minimum Gasteiger partial charge on any atom is -0.454 e. The van der Waals surface area contributed by atoms with E-state index in [0.29, 0.717) is 17.1 Å². The second kappa shape index (κ2) is 7.52. The van der Waals surface area contributed by atoms with Crippen LogP contribution >= 0.6 is 11.6 Å². The number of rotatable bonds is 3. The summed E-state index contributed by atoms with van der Waals surface area (Å²) in [4.78, 5) is 25.1. The summed E-state index contributed by atoms with van der Waals surface area (Å²) < 4.78 is 12.5. The molecule has 0 aliphatic carbocycles. The fraction of sp³-hybridized carbons (Fsp3) is 0.143. The number of hydrogen-bond acceptors (Lipinski definition) is 4. The summed E-state index contributed by atoms with van der Waals surface area (Å²) in [6.07, 6.45) is 0. The van der Waals surface area contributed by atoms with E-state index in [1.54, 1.807) is 6.07 Å². The van der Waals surface area contributed by atoms with E-state index in [9.17, 15) is 9.59 Å². The largest absolute Gasteiger partial charge is 0.454 e. The van der Waals surface area contributed by atoms with Crippen molar-refractivity contribution in [2.45, 2.75) is 13.8 Å². The van der Waals surface area contributed by atoms with Gasteiger partial charge in [0.2, 0.25) is 6.79 Å². The second-order valence-corrected chi connectivity index (χ2v) is 6.96. The molecule has 1 aliphatic heterocycles. The molecule has 2 N–H and O–H groups in total. The van der Waals surface area contributed by atoms with Gasteiger partial charge in [0.15, 0.2) is 11.5 Å². The Kier molecular flexibility index (Phi) is 4.90. The lowest BCUT2D eigenvalue weighted by atomic mass is 10.2. The third-order valence-electron chi connectivity index (χ3n) is 4.67. The van der Waals surface area contributed by atoms with Crippen molar-refractivity contribution in [2.75, 3.05) is 6.79 Å². The van der Waals surface area contributed by atoms with Crippen molar-refractivity contribution in [2.24, 2.45) is 0 Å². The summed E-state index contributed by atoms with van der Waals surface area (Å²) >= 11 is 6.10. The SMILES string of the molecule is Cc1cc(C(=O)NNC(=O)c2cc(Cl)c3c(c2)OCO3)c(C)n1-c1ccccc1. The van der Waals surface area contributed by atoms with E-state index in [-0.39, 0.29) is 17.4 Å². The number of ether oxygens (including phenoxy) is 2. The topological polar surface area (TPSA) is 81.6 Å². The molecule has 0 bridgehead atoms. The standard InChI is InChI=1S/C21H18ClN3O4/c1-12-8-16(13(2)25(12)15-6-4-3-5-7-15)21(27)24-23-20(26)14-9-17(22)19-18(10-14)28-11-29-19/h3-10H,11H2,1-2H3,(H,23,26)(H,24,27). The Morgan fingerprint density at radius 2 is 1.72 bits per heavy atom. The normalized spacial score (nSPS) is 12.0. The van der Waals surface area contributed by atoms with Gasteiger partial charge in [0.05, 0.1) is 10.6 Å². The average Bonchev–Trinajstić information content (AvgIpc) is 3.31. The highest BCUT2D eigenvalue weighted by molar-refractivity contribution is 6.32. The fourth-order valence-corrected chi connectivity index (χ4v) is 3.58. The summed E-state index contributed by atoms with van der Waals surface area (Å²) in [5, 5.41) is 0.267. The van der Waals surface area contributed by atoms with Gasteiger partial charge in [0.1, 0.15) is 0 Å². The van der Waals surface area contributed by atoms with Crippen molar-refractivity contribution < 1.29 is 19.1 Å². The molecule has 0 atom stereocenters. The predicted molar refractivity (Wildman–Crippen MR) is 108 cm³/mol. The molecule has 148 valence electrons. The highest BCUT2D eigenvalue weighted by atomic mass is 35.5. The van der Waals surface area contributed by atoms with E-state index in [1.165, 1.54) is 12.1 Å². The molecule has 7 nitrogen and oxygen atoms in total. The van der Waals surface area contributed by atoms with Crippen molar-refractivity contribution >= 4 is 23.4 Å². The van der Waals surface area contributed by atoms with Gasteiger partial charge in [0.25, 0.3) is 11.8 Å². The Morgan fingerprint density at radius 1 is 1.00 bits per heavy atom. The van der Waals surface area contributed by atoms with E-state index in [0.717, 1.165) is 17.1 Å². The number of halogens is 1. The van der Waals surface area contributed by atoms with E-state index in [2.05, 4.69) is 10.9 Å². The van der Waals surface area contributed by atoms with Crippen LogP contribution in [0, 0.1) is 13.8 Å². The number of para-hydroxylation sites is 1.